The van der Waals surface area contributed by atoms with Gasteiger partial charge in [-0.05, 0) is 105 Å². The van der Waals surface area contributed by atoms with E-state index in [1.165, 1.54) is 29.0 Å². The van der Waals surface area contributed by atoms with Crippen molar-refractivity contribution in [1.29, 1.82) is 0 Å². The third kappa shape index (κ3) is 7.44. The Morgan fingerprint density at radius 1 is 1.17 bits per heavy atom. The van der Waals surface area contributed by atoms with Crippen LogP contribution in [-0.2, 0) is 40.2 Å². The van der Waals surface area contributed by atoms with E-state index in [4.69, 9.17) is 16.3 Å². The van der Waals surface area contributed by atoms with E-state index in [-0.39, 0.29) is 24.6 Å². The molecular weight excluding hydrogens is 719 g/mol. The average Bonchev–Trinajstić information content (AvgIpc) is 3.72. The molecule has 1 spiro atoms. The second-order valence-corrected chi connectivity index (χ2v) is 17.9. The van der Waals surface area contributed by atoms with Gasteiger partial charge in [0.2, 0.25) is 15.9 Å². The summed E-state index contributed by atoms with van der Waals surface area (Å²) in [6, 6.07) is 11.5. The van der Waals surface area contributed by atoms with E-state index in [9.17, 15) is 18.0 Å². The van der Waals surface area contributed by atoms with Gasteiger partial charge in [-0.15, -0.1) is 0 Å². The van der Waals surface area contributed by atoms with Crippen molar-refractivity contribution in [3.63, 3.8) is 0 Å². The summed E-state index contributed by atoms with van der Waals surface area (Å²) in [6.07, 6.45) is 7.42. The van der Waals surface area contributed by atoms with Gasteiger partial charge in [0, 0.05) is 55.4 Å². The van der Waals surface area contributed by atoms with Gasteiger partial charge >= 0.3 is 0 Å². The number of nitrogens with one attached hydrogen (secondary N) is 1. The summed E-state index contributed by atoms with van der Waals surface area (Å²) in [4.78, 5) is 33.7. The van der Waals surface area contributed by atoms with Crippen LogP contribution in [0.3, 0.4) is 0 Å². The molecule has 3 aromatic rings. The molecule has 1 fully saturated rings. The zero-order valence-corrected chi connectivity index (χ0v) is 32.3. The molecule has 14 heteroatoms. The highest BCUT2D eigenvalue weighted by Crippen LogP contribution is 2.45. The Bertz CT molecular complexity index is 2040. The number of likely N-dealkylation sites (N-methyl/N-ethyl adjacent to an activating group) is 1. The number of allylic oxidation sites excluding steroid dienone is 1. The maximum Gasteiger partial charge on any atom is 0.264 e. The number of rotatable bonds is 3. The highest BCUT2D eigenvalue weighted by atomic mass is 35.5. The van der Waals surface area contributed by atoms with E-state index in [1.807, 2.05) is 23.1 Å². The average molecular weight is 767 g/mol. The van der Waals surface area contributed by atoms with Gasteiger partial charge in [0.05, 0.1) is 29.8 Å². The van der Waals surface area contributed by atoms with E-state index in [0.29, 0.717) is 48.4 Å². The molecule has 1 N–H and O–H groups in total. The first-order valence-electron chi connectivity index (χ1n) is 18.5. The molecule has 1 aromatic heterocycles. The van der Waals surface area contributed by atoms with E-state index < -0.39 is 50.3 Å². The Hall–Kier alpha value is -3.94. The summed E-state index contributed by atoms with van der Waals surface area (Å²) in [6.45, 7) is 5.29. The van der Waals surface area contributed by atoms with Gasteiger partial charge in [0.1, 0.15) is 17.6 Å². The zero-order chi connectivity index (χ0) is 37.7. The summed E-state index contributed by atoms with van der Waals surface area (Å²) in [5, 5.41) is 4.08. The van der Waals surface area contributed by atoms with E-state index in [2.05, 4.69) is 20.8 Å². The van der Waals surface area contributed by atoms with Gasteiger partial charge in [-0.25, -0.2) is 17.5 Å². The first-order valence-corrected chi connectivity index (χ1v) is 20.4. The zero-order valence-electron chi connectivity index (χ0n) is 30.7. The molecule has 2 amide bonds. The minimum atomic E-state index is -4.15. The van der Waals surface area contributed by atoms with Crippen molar-refractivity contribution in [2.45, 2.75) is 81.7 Å². The Kier molecular flexibility index (Phi) is 10.4. The highest BCUT2D eigenvalue weighted by molar-refractivity contribution is 7.90. The van der Waals surface area contributed by atoms with Crippen LogP contribution < -0.4 is 14.4 Å². The Balaban J connectivity index is 1.32. The minimum Gasteiger partial charge on any atom is -0.490 e. The number of hydrogen-bond donors (Lipinski definition) is 1. The molecular formula is C39H48ClFN6O5S. The molecule has 7 rings (SSSR count). The number of fused-ring (bicyclic) bond motifs is 4. The quantitative estimate of drug-likeness (QED) is 0.378. The van der Waals surface area contributed by atoms with Crippen molar-refractivity contribution in [1.82, 2.24) is 24.3 Å². The van der Waals surface area contributed by atoms with Gasteiger partial charge < -0.3 is 14.5 Å². The first-order chi connectivity index (χ1) is 25.2. The molecule has 0 saturated carbocycles. The summed E-state index contributed by atoms with van der Waals surface area (Å²) in [5.41, 5.74) is 3.46. The molecule has 5 atom stereocenters. The summed E-state index contributed by atoms with van der Waals surface area (Å²) >= 11 is 6.45. The van der Waals surface area contributed by atoms with Crippen LogP contribution in [0.2, 0.25) is 5.02 Å². The van der Waals surface area contributed by atoms with Crippen molar-refractivity contribution in [3.8, 4) is 5.75 Å². The largest absolute Gasteiger partial charge is 0.490 e. The van der Waals surface area contributed by atoms with Gasteiger partial charge in [-0.1, -0.05) is 30.7 Å². The van der Waals surface area contributed by atoms with Crippen LogP contribution >= 0.6 is 11.6 Å². The first kappa shape index (κ1) is 37.4. The predicted octanol–water partition coefficient (Wildman–Crippen LogP) is 5.38. The number of anilines is 1. The summed E-state index contributed by atoms with van der Waals surface area (Å²) in [7, 11) is -0.680. The number of sulfonamides is 1. The molecule has 2 bridgehead atoms. The summed E-state index contributed by atoms with van der Waals surface area (Å²) < 4.78 is 54.3. The second kappa shape index (κ2) is 14.7. The number of halogens is 2. The molecule has 0 unspecified atom stereocenters. The molecule has 4 heterocycles. The maximum absolute atomic E-state index is 16.8. The monoisotopic (exact) mass is 766 g/mol. The third-order valence-electron chi connectivity index (χ3n) is 11.7. The van der Waals surface area contributed by atoms with E-state index in [0.717, 1.165) is 32.1 Å². The van der Waals surface area contributed by atoms with Crippen molar-refractivity contribution < 1.29 is 27.1 Å². The number of amides is 2. The SMILES string of the molecule is C[C@@H]1[C@@H](C)C/C=C(\F)[C@H](C(=O)N(C)Cc2ccn(C)n2)N2CCC[C@H]2CN2C[C@@]3(CCCc4cc(Cl)ccc43)COc3ccc(cc32)C(=O)NS1(=O)=O. The van der Waals surface area contributed by atoms with Crippen molar-refractivity contribution in [2.75, 3.05) is 38.2 Å². The topological polar surface area (TPSA) is 117 Å². The molecule has 53 heavy (non-hydrogen) atoms. The van der Waals surface area contributed by atoms with Crippen LogP contribution in [0.4, 0.5) is 10.1 Å². The van der Waals surface area contributed by atoms with Crippen LogP contribution in [0, 0.1) is 5.92 Å². The number of benzene rings is 2. The van der Waals surface area contributed by atoms with Crippen LogP contribution in [0.5, 0.6) is 5.75 Å². The lowest BCUT2D eigenvalue weighted by Crippen LogP contribution is -2.54. The number of nitrogens with zero attached hydrogens (tertiary/aromatic N) is 5. The lowest BCUT2D eigenvalue weighted by atomic mass is 9.70. The Labute approximate surface area is 316 Å². The standard InChI is InChI=1S/C39H48ClFN6O5S/c1-25-9-13-33(41)36(38(49)44(3)21-30-15-18-45(4)42-30)47-17-6-8-31(47)22-46-23-39(16-5-7-27-19-29(40)11-12-32(27)39)24-52-35-14-10-28(20-34(35)46)37(48)43-53(50,51)26(25)2/h10-15,18-20,25-26,31,36H,5-9,16-17,21-24H2,1-4H3,(H,43,48)/b33-13-/t25-,26+,31-,36+,39-/m0/s1. The smallest absolute Gasteiger partial charge is 0.264 e. The van der Waals surface area contributed by atoms with Gasteiger partial charge in [-0.2, -0.15) is 5.10 Å². The van der Waals surface area contributed by atoms with E-state index >= 15 is 4.39 Å². The summed E-state index contributed by atoms with van der Waals surface area (Å²) in [5.74, 6) is -1.73. The highest BCUT2D eigenvalue weighted by Gasteiger charge is 2.45. The van der Waals surface area contributed by atoms with Crippen LogP contribution in [0.25, 0.3) is 0 Å². The van der Waals surface area contributed by atoms with Crippen LogP contribution in [0.1, 0.15) is 73.1 Å². The van der Waals surface area contributed by atoms with E-state index in [1.54, 1.807) is 50.1 Å². The predicted molar refractivity (Wildman–Crippen MR) is 202 cm³/mol. The molecule has 2 aromatic carbocycles. The van der Waals surface area contributed by atoms with Gasteiger partial charge in [-0.3, -0.25) is 19.2 Å². The number of carbonyl (C=O) groups excluding carboxylic acids is 2. The number of aryl methyl sites for hydroxylation is 2. The lowest BCUT2D eigenvalue weighted by molar-refractivity contribution is -0.135. The number of hydrogen-bond acceptors (Lipinski definition) is 8. The number of aromatic nitrogens is 2. The Morgan fingerprint density at radius 3 is 2.75 bits per heavy atom. The fourth-order valence-corrected chi connectivity index (χ4v) is 10.1. The molecule has 11 nitrogen and oxygen atoms in total. The fourth-order valence-electron chi connectivity index (χ4n) is 8.59. The van der Waals surface area contributed by atoms with Crippen molar-refractivity contribution in [2.24, 2.45) is 13.0 Å². The molecule has 1 aliphatic carbocycles. The maximum atomic E-state index is 16.8. The van der Waals surface area contributed by atoms with Gasteiger partial charge in [0.25, 0.3) is 5.91 Å². The number of ether oxygens (including phenoxy) is 1. The lowest BCUT2D eigenvalue weighted by Gasteiger charge is -2.42. The van der Waals surface area contributed by atoms with Crippen molar-refractivity contribution in [3.05, 3.63) is 88.0 Å². The second-order valence-electron chi connectivity index (χ2n) is 15.4. The fraction of sp³-hybridized carbons (Fsp3) is 0.513. The Morgan fingerprint density at radius 2 is 1.98 bits per heavy atom. The molecule has 284 valence electrons. The molecule has 3 aliphatic heterocycles. The molecule has 1 saturated heterocycles. The van der Waals surface area contributed by atoms with Crippen LogP contribution in [-0.4, -0.2) is 90.4 Å². The third-order valence-corrected chi connectivity index (χ3v) is 13.9. The van der Waals surface area contributed by atoms with Crippen molar-refractivity contribution >= 4 is 39.1 Å². The van der Waals surface area contributed by atoms with Gasteiger partial charge in [0.15, 0.2) is 0 Å². The molecule has 4 aliphatic rings. The minimum absolute atomic E-state index is 0.0581. The molecule has 0 radical (unpaired) electrons. The van der Waals surface area contributed by atoms with Crippen LogP contribution in [0.15, 0.2) is 60.6 Å². The number of carbonyl (C=O) groups is 2. The normalized spacial score (nSPS) is 28.5.